The maximum atomic E-state index is 4.06. The molecule has 1 aromatic heterocycles. The highest BCUT2D eigenvalue weighted by atomic mass is 15.1. The van der Waals surface area contributed by atoms with Crippen molar-refractivity contribution < 1.29 is 0 Å². The van der Waals surface area contributed by atoms with E-state index in [9.17, 15) is 0 Å². The van der Waals surface area contributed by atoms with Gasteiger partial charge < -0.3 is 9.88 Å². The molecular formula is C9H15N3. The van der Waals surface area contributed by atoms with Crippen LogP contribution in [0.3, 0.4) is 0 Å². The lowest BCUT2D eigenvalue weighted by molar-refractivity contribution is 0.313. The van der Waals surface area contributed by atoms with Crippen molar-refractivity contribution in [2.24, 2.45) is 0 Å². The van der Waals surface area contributed by atoms with Gasteiger partial charge in [-0.1, -0.05) is 0 Å². The molecule has 1 fully saturated rings. The molecule has 3 heteroatoms. The van der Waals surface area contributed by atoms with Gasteiger partial charge >= 0.3 is 0 Å². The van der Waals surface area contributed by atoms with Crippen molar-refractivity contribution in [3.63, 3.8) is 0 Å². The van der Waals surface area contributed by atoms with Crippen molar-refractivity contribution in [3.8, 4) is 0 Å². The van der Waals surface area contributed by atoms with E-state index in [0.717, 1.165) is 6.54 Å². The molecule has 66 valence electrons. The average Bonchev–Trinajstić information content (AvgIpc) is 2.56. The molecule has 1 N–H and O–H groups in total. The molecule has 2 heterocycles. The van der Waals surface area contributed by atoms with Gasteiger partial charge in [-0.3, -0.25) is 0 Å². The number of hydrogen-bond acceptors (Lipinski definition) is 2. The second-order valence-electron chi connectivity index (χ2n) is 3.54. The van der Waals surface area contributed by atoms with Crippen LogP contribution in [0.2, 0.25) is 0 Å². The van der Waals surface area contributed by atoms with Gasteiger partial charge in [0.15, 0.2) is 0 Å². The maximum absolute atomic E-state index is 4.06. The molecule has 2 rings (SSSR count). The molecule has 2 atom stereocenters. The van der Waals surface area contributed by atoms with E-state index in [-0.39, 0.29) is 0 Å². The van der Waals surface area contributed by atoms with E-state index in [1.807, 2.05) is 12.5 Å². The van der Waals surface area contributed by atoms with Gasteiger partial charge in [-0.15, -0.1) is 0 Å². The highest BCUT2D eigenvalue weighted by molar-refractivity contribution is 4.85. The first-order valence-electron chi connectivity index (χ1n) is 4.57. The van der Waals surface area contributed by atoms with E-state index < -0.39 is 0 Å². The molecule has 0 unspecified atom stereocenters. The standard InChI is InChI=1S/C9H15N3/c1-8-6-9(2-3-11-8)12-5-4-10-7-12/h4-5,7-9,11H,2-3,6H2,1H3/t8-,9-/m1/s1. The van der Waals surface area contributed by atoms with Crippen molar-refractivity contribution >= 4 is 0 Å². The second-order valence-corrected chi connectivity index (χ2v) is 3.54. The summed E-state index contributed by atoms with van der Waals surface area (Å²) < 4.78 is 2.22. The van der Waals surface area contributed by atoms with Crippen LogP contribution < -0.4 is 5.32 Å². The molecule has 0 saturated carbocycles. The fourth-order valence-corrected chi connectivity index (χ4v) is 1.86. The number of rotatable bonds is 1. The Balaban J connectivity index is 2.04. The minimum absolute atomic E-state index is 0.645. The summed E-state index contributed by atoms with van der Waals surface area (Å²) in [5.74, 6) is 0. The van der Waals surface area contributed by atoms with Crippen molar-refractivity contribution in [2.75, 3.05) is 6.54 Å². The van der Waals surface area contributed by atoms with Crippen LogP contribution in [0.25, 0.3) is 0 Å². The number of nitrogens with one attached hydrogen (secondary N) is 1. The summed E-state index contributed by atoms with van der Waals surface area (Å²) >= 11 is 0. The van der Waals surface area contributed by atoms with Crippen LogP contribution in [0.4, 0.5) is 0 Å². The van der Waals surface area contributed by atoms with Crippen molar-refractivity contribution in [1.82, 2.24) is 14.9 Å². The monoisotopic (exact) mass is 165 g/mol. The zero-order valence-electron chi connectivity index (χ0n) is 7.40. The fourth-order valence-electron chi connectivity index (χ4n) is 1.86. The lowest BCUT2D eigenvalue weighted by Crippen LogP contribution is -2.36. The number of aromatic nitrogens is 2. The zero-order chi connectivity index (χ0) is 8.39. The Morgan fingerprint density at radius 3 is 3.17 bits per heavy atom. The Bertz CT molecular complexity index is 230. The van der Waals surface area contributed by atoms with Crippen LogP contribution in [0, 0.1) is 0 Å². The van der Waals surface area contributed by atoms with Gasteiger partial charge in [-0.05, 0) is 26.3 Å². The van der Waals surface area contributed by atoms with Crippen molar-refractivity contribution in [1.29, 1.82) is 0 Å². The summed E-state index contributed by atoms with van der Waals surface area (Å²) in [5.41, 5.74) is 0. The van der Waals surface area contributed by atoms with Crippen LogP contribution >= 0.6 is 0 Å². The molecule has 1 aromatic rings. The van der Waals surface area contributed by atoms with Crippen LogP contribution in [0.1, 0.15) is 25.8 Å². The Kier molecular flexibility index (Phi) is 2.13. The van der Waals surface area contributed by atoms with E-state index in [2.05, 4.69) is 28.0 Å². The summed E-state index contributed by atoms with van der Waals surface area (Å²) in [6.07, 6.45) is 8.27. The molecule has 0 aromatic carbocycles. The molecule has 1 saturated heterocycles. The zero-order valence-corrected chi connectivity index (χ0v) is 7.40. The lowest BCUT2D eigenvalue weighted by Gasteiger charge is -2.28. The fraction of sp³-hybridized carbons (Fsp3) is 0.667. The third-order valence-electron chi connectivity index (χ3n) is 2.54. The van der Waals surface area contributed by atoms with Crippen LogP contribution in [0.5, 0.6) is 0 Å². The number of piperidine rings is 1. The van der Waals surface area contributed by atoms with Crippen LogP contribution in [0.15, 0.2) is 18.7 Å². The molecule has 3 nitrogen and oxygen atoms in total. The van der Waals surface area contributed by atoms with Gasteiger partial charge in [0.25, 0.3) is 0 Å². The quantitative estimate of drug-likeness (QED) is 0.677. The van der Waals surface area contributed by atoms with Gasteiger partial charge in [0.2, 0.25) is 0 Å². The molecular weight excluding hydrogens is 150 g/mol. The Hall–Kier alpha value is -0.830. The number of nitrogens with zero attached hydrogens (tertiary/aromatic N) is 2. The summed E-state index contributed by atoms with van der Waals surface area (Å²) in [6.45, 7) is 3.37. The third-order valence-corrected chi connectivity index (χ3v) is 2.54. The molecule has 1 aliphatic rings. The summed E-state index contributed by atoms with van der Waals surface area (Å²) in [7, 11) is 0. The largest absolute Gasteiger partial charge is 0.334 e. The topological polar surface area (TPSA) is 29.9 Å². The Labute approximate surface area is 72.8 Å². The molecule has 0 bridgehead atoms. The Morgan fingerprint density at radius 2 is 2.50 bits per heavy atom. The first-order chi connectivity index (χ1) is 5.86. The van der Waals surface area contributed by atoms with Crippen LogP contribution in [-0.2, 0) is 0 Å². The molecule has 0 spiro atoms. The second kappa shape index (κ2) is 3.27. The first kappa shape index (κ1) is 7.80. The highest BCUT2D eigenvalue weighted by Crippen LogP contribution is 2.20. The molecule has 0 aliphatic carbocycles. The molecule has 12 heavy (non-hydrogen) atoms. The summed E-state index contributed by atoms with van der Waals surface area (Å²) in [6, 6.07) is 1.30. The van der Waals surface area contributed by atoms with E-state index in [1.165, 1.54) is 12.8 Å². The third kappa shape index (κ3) is 1.50. The molecule has 0 radical (unpaired) electrons. The van der Waals surface area contributed by atoms with Gasteiger partial charge in [0.1, 0.15) is 0 Å². The van der Waals surface area contributed by atoms with Gasteiger partial charge in [-0.25, -0.2) is 4.98 Å². The number of hydrogen-bond donors (Lipinski definition) is 1. The lowest BCUT2D eigenvalue weighted by atomic mass is 10.0. The van der Waals surface area contributed by atoms with Gasteiger partial charge in [0, 0.05) is 24.5 Å². The summed E-state index contributed by atoms with van der Waals surface area (Å²) in [5, 5.41) is 3.44. The van der Waals surface area contributed by atoms with Crippen molar-refractivity contribution in [2.45, 2.75) is 31.8 Å². The smallest absolute Gasteiger partial charge is 0.0948 e. The minimum atomic E-state index is 0.645. The Morgan fingerprint density at radius 1 is 1.58 bits per heavy atom. The molecule has 1 aliphatic heterocycles. The minimum Gasteiger partial charge on any atom is -0.334 e. The highest BCUT2D eigenvalue weighted by Gasteiger charge is 2.18. The van der Waals surface area contributed by atoms with E-state index in [4.69, 9.17) is 0 Å². The average molecular weight is 165 g/mol. The SMILES string of the molecule is C[C@@H]1C[C@H](n2ccnc2)CCN1. The maximum Gasteiger partial charge on any atom is 0.0948 e. The summed E-state index contributed by atoms with van der Waals surface area (Å²) in [4.78, 5) is 4.06. The van der Waals surface area contributed by atoms with Crippen LogP contribution in [-0.4, -0.2) is 22.1 Å². The normalized spacial score (nSPS) is 30.4. The first-order valence-corrected chi connectivity index (χ1v) is 4.57. The predicted octanol–water partition coefficient (Wildman–Crippen LogP) is 1.20. The van der Waals surface area contributed by atoms with E-state index in [1.54, 1.807) is 0 Å². The van der Waals surface area contributed by atoms with E-state index in [0.29, 0.717) is 12.1 Å². The van der Waals surface area contributed by atoms with Crippen molar-refractivity contribution in [3.05, 3.63) is 18.7 Å². The van der Waals surface area contributed by atoms with E-state index >= 15 is 0 Å². The molecule has 0 amide bonds. The predicted molar refractivity (Wildman–Crippen MR) is 48.0 cm³/mol. The van der Waals surface area contributed by atoms with Gasteiger partial charge in [-0.2, -0.15) is 0 Å². The van der Waals surface area contributed by atoms with Gasteiger partial charge in [0.05, 0.1) is 6.33 Å². The number of imidazole rings is 1.